The number of hydrogen-bond acceptors (Lipinski definition) is 6. The van der Waals surface area contributed by atoms with E-state index >= 15 is 0 Å². The highest BCUT2D eigenvalue weighted by Crippen LogP contribution is 2.32. The van der Waals surface area contributed by atoms with Gasteiger partial charge in [0.05, 0.1) is 18.7 Å². The third-order valence-electron chi connectivity index (χ3n) is 5.80. The topological polar surface area (TPSA) is 131 Å². The Balaban J connectivity index is 1.48. The molecule has 0 radical (unpaired) electrons. The van der Waals surface area contributed by atoms with Crippen molar-refractivity contribution in [1.29, 1.82) is 0 Å². The van der Waals surface area contributed by atoms with Crippen molar-refractivity contribution in [1.82, 2.24) is 20.6 Å². The molecule has 0 fully saturated rings. The fourth-order valence-corrected chi connectivity index (χ4v) is 3.97. The van der Waals surface area contributed by atoms with Gasteiger partial charge in [-0.3, -0.25) is 9.59 Å². The van der Waals surface area contributed by atoms with Gasteiger partial charge in [0.1, 0.15) is 17.2 Å². The number of ether oxygens (including phenoxy) is 1. The first-order valence-electron chi connectivity index (χ1n) is 10.9. The lowest BCUT2D eigenvalue weighted by Gasteiger charge is -2.15. The van der Waals surface area contributed by atoms with Crippen molar-refractivity contribution in [2.24, 2.45) is 0 Å². The van der Waals surface area contributed by atoms with E-state index in [0.29, 0.717) is 24.0 Å². The highest BCUT2D eigenvalue weighted by atomic mass is 19.1. The van der Waals surface area contributed by atoms with Crippen molar-refractivity contribution in [3.63, 3.8) is 0 Å². The Hall–Kier alpha value is -4.34. The third kappa shape index (κ3) is 5.26. The second kappa shape index (κ2) is 9.88. The summed E-state index contributed by atoms with van der Waals surface area (Å²) in [5, 5.41) is 14.8. The van der Waals surface area contributed by atoms with Crippen LogP contribution in [0.1, 0.15) is 66.1 Å². The summed E-state index contributed by atoms with van der Waals surface area (Å²) in [7, 11) is 1.33. The van der Waals surface area contributed by atoms with Crippen molar-refractivity contribution in [2.75, 3.05) is 7.11 Å². The SMILES string of the molecule is COc1nc(C(=O)NCc2ccc(F)c(C)c2)cc(C(=O)N[C@H]2CCc3cc(C(=O)O)ccc32)n1. The standard InChI is InChI=1S/C25H23FN4O5/c1-13-9-14(3-7-18(13)26)12-27-22(31)20-11-21(30-25(29-20)35-2)23(32)28-19-8-5-15-10-16(24(33)34)4-6-17(15)19/h3-4,6-7,9-11,19H,5,8,12H2,1-2H3,(H,27,31)(H,28,32)(H,33,34)/t19-/m0/s1. The molecule has 0 saturated carbocycles. The van der Waals surface area contributed by atoms with Gasteiger partial charge in [0.25, 0.3) is 11.8 Å². The molecule has 2 aromatic carbocycles. The van der Waals surface area contributed by atoms with E-state index in [4.69, 9.17) is 4.74 Å². The summed E-state index contributed by atoms with van der Waals surface area (Å²) in [5.74, 6) is -2.40. The molecule has 9 nitrogen and oxygen atoms in total. The Labute approximate surface area is 200 Å². The molecule has 0 bridgehead atoms. The van der Waals surface area contributed by atoms with Gasteiger partial charge in [-0.15, -0.1) is 0 Å². The monoisotopic (exact) mass is 478 g/mol. The Morgan fingerprint density at radius 1 is 1.09 bits per heavy atom. The lowest BCUT2D eigenvalue weighted by molar-refractivity contribution is 0.0696. The van der Waals surface area contributed by atoms with Gasteiger partial charge in [-0.25, -0.2) is 9.18 Å². The number of carboxylic acids is 1. The average Bonchev–Trinajstić information content (AvgIpc) is 3.25. The number of aryl methyl sites for hydroxylation is 2. The Morgan fingerprint density at radius 3 is 2.51 bits per heavy atom. The normalized spacial score (nSPS) is 14.2. The van der Waals surface area contributed by atoms with Crippen LogP contribution in [0.5, 0.6) is 6.01 Å². The molecule has 4 rings (SSSR count). The van der Waals surface area contributed by atoms with Gasteiger partial charge in [-0.1, -0.05) is 18.2 Å². The number of aromatic carboxylic acids is 1. The summed E-state index contributed by atoms with van der Waals surface area (Å²) in [6.45, 7) is 1.78. The number of fused-ring (bicyclic) bond motifs is 1. The van der Waals surface area contributed by atoms with Crippen LogP contribution < -0.4 is 15.4 Å². The van der Waals surface area contributed by atoms with Gasteiger partial charge in [-0.2, -0.15) is 9.97 Å². The number of methoxy groups -OCH3 is 1. The van der Waals surface area contributed by atoms with E-state index in [1.807, 2.05) is 0 Å². The zero-order valence-corrected chi connectivity index (χ0v) is 19.1. The molecule has 1 atom stereocenters. The first-order valence-corrected chi connectivity index (χ1v) is 10.9. The number of amides is 2. The first kappa shape index (κ1) is 23.8. The number of carboxylic acid groups (broad SMARTS) is 1. The minimum Gasteiger partial charge on any atom is -0.478 e. The van der Waals surface area contributed by atoms with Gasteiger partial charge in [0.15, 0.2) is 0 Å². The highest BCUT2D eigenvalue weighted by Gasteiger charge is 2.26. The van der Waals surface area contributed by atoms with Crippen LogP contribution in [0.2, 0.25) is 0 Å². The maximum Gasteiger partial charge on any atom is 0.335 e. The Morgan fingerprint density at radius 2 is 1.83 bits per heavy atom. The zero-order valence-electron chi connectivity index (χ0n) is 19.1. The molecule has 0 spiro atoms. The predicted octanol–water partition coefficient (Wildman–Crippen LogP) is 2.98. The highest BCUT2D eigenvalue weighted by molar-refractivity contribution is 5.97. The van der Waals surface area contributed by atoms with Crippen LogP contribution in [0, 0.1) is 12.7 Å². The van der Waals surface area contributed by atoms with Gasteiger partial charge < -0.3 is 20.5 Å². The first-order chi connectivity index (χ1) is 16.7. The zero-order chi connectivity index (χ0) is 25.1. The number of aromatic nitrogens is 2. The number of nitrogens with one attached hydrogen (secondary N) is 2. The second-order valence-corrected chi connectivity index (χ2v) is 8.17. The maximum absolute atomic E-state index is 13.5. The summed E-state index contributed by atoms with van der Waals surface area (Å²) >= 11 is 0. The summed E-state index contributed by atoms with van der Waals surface area (Å²) in [6.07, 6.45) is 1.24. The number of halogens is 1. The third-order valence-corrected chi connectivity index (χ3v) is 5.80. The predicted molar refractivity (Wildman–Crippen MR) is 123 cm³/mol. The lowest BCUT2D eigenvalue weighted by atomic mass is 10.0. The van der Waals surface area contributed by atoms with E-state index in [1.165, 1.54) is 25.3 Å². The molecule has 1 aliphatic carbocycles. The van der Waals surface area contributed by atoms with Gasteiger partial charge in [0, 0.05) is 12.6 Å². The van der Waals surface area contributed by atoms with Crippen LogP contribution in [0.15, 0.2) is 42.5 Å². The number of benzene rings is 2. The Bertz CT molecular complexity index is 1330. The van der Waals surface area contributed by atoms with Gasteiger partial charge in [-0.05, 0) is 60.2 Å². The number of nitrogens with zero attached hydrogens (tertiary/aromatic N) is 2. The minimum atomic E-state index is -1.01. The molecular weight excluding hydrogens is 455 g/mol. The largest absolute Gasteiger partial charge is 0.478 e. The van der Waals surface area contributed by atoms with Crippen LogP contribution >= 0.6 is 0 Å². The molecule has 10 heteroatoms. The van der Waals surface area contributed by atoms with Gasteiger partial charge in [0.2, 0.25) is 0 Å². The van der Waals surface area contributed by atoms with E-state index < -0.39 is 17.8 Å². The van der Waals surface area contributed by atoms with Crippen LogP contribution in [-0.2, 0) is 13.0 Å². The summed E-state index contributed by atoms with van der Waals surface area (Å²) in [4.78, 5) is 45.0. The fourth-order valence-electron chi connectivity index (χ4n) is 3.97. The van der Waals surface area contributed by atoms with Crippen molar-refractivity contribution in [3.8, 4) is 6.01 Å². The molecular formula is C25H23FN4O5. The summed E-state index contributed by atoms with van der Waals surface area (Å²) in [6, 6.07) is 10.2. The minimum absolute atomic E-state index is 0.0461. The van der Waals surface area contributed by atoms with E-state index in [0.717, 1.165) is 11.1 Å². The molecule has 2 amide bonds. The Kier molecular flexibility index (Phi) is 6.72. The van der Waals surface area contributed by atoms with Crippen molar-refractivity contribution >= 4 is 17.8 Å². The maximum atomic E-state index is 13.5. The molecule has 0 saturated heterocycles. The molecule has 3 N–H and O–H groups in total. The molecule has 180 valence electrons. The quantitative estimate of drug-likeness (QED) is 0.476. The number of carbonyl (C=O) groups excluding carboxylic acids is 2. The van der Waals surface area contributed by atoms with Crippen LogP contribution in [0.3, 0.4) is 0 Å². The molecule has 0 unspecified atom stereocenters. The summed E-state index contributed by atoms with van der Waals surface area (Å²) in [5.41, 5.74) is 2.98. The van der Waals surface area contributed by atoms with Crippen molar-refractivity contribution in [2.45, 2.75) is 32.4 Å². The smallest absolute Gasteiger partial charge is 0.335 e. The van der Waals surface area contributed by atoms with E-state index in [9.17, 15) is 23.9 Å². The summed E-state index contributed by atoms with van der Waals surface area (Å²) < 4.78 is 18.5. The molecule has 1 aliphatic rings. The molecule has 0 aliphatic heterocycles. The second-order valence-electron chi connectivity index (χ2n) is 8.17. The van der Waals surface area contributed by atoms with Crippen LogP contribution in [0.4, 0.5) is 4.39 Å². The lowest BCUT2D eigenvalue weighted by Crippen LogP contribution is -2.29. The van der Waals surface area contributed by atoms with E-state index in [-0.39, 0.29) is 41.4 Å². The van der Waals surface area contributed by atoms with Crippen molar-refractivity contribution < 1.29 is 28.6 Å². The van der Waals surface area contributed by atoms with Crippen LogP contribution in [0.25, 0.3) is 0 Å². The van der Waals surface area contributed by atoms with E-state index in [2.05, 4.69) is 20.6 Å². The average molecular weight is 478 g/mol. The number of carbonyl (C=O) groups is 3. The van der Waals surface area contributed by atoms with Gasteiger partial charge >= 0.3 is 12.0 Å². The molecule has 1 heterocycles. The number of rotatable bonds is 7. The molecule has 35 heavy (non-hydrogen) atoms. The molecule has 1 aromatic heterocycles. The van der Waals surface area contributed by atoms with Crippen LogP contribution in [-0.4, -0.2) is 40.0 Å². The fraction of sp³-hybridized carbons (Fsp3) is 0.240. The van der Waals surface area contributed by atoms with E-state index in [1.54, 1.807) is 31.2 Å². The molecule has 3 aromatic rings. The van der Waals surface area contributed by atoms with Crippen molar-refractivity contribution in [3.05, 3.63) is 87.5 Å². The number of hydrogen-bond donors (Lipinski definition) is 3.